The molecule has 0 aliphatic carbocycles. The van der Waals surface area contributed by atoms with Gasteiger partial charge in [-0.2, -0.15) is 4.98 Å². The minimum atomic E-state index is 0.0870. The number of fused-ring (bicyclic) bond motifs is 1. The van der Waals surface area contributed by atoms with Gasteiger partial charge in [0.25, 0.3) is 0 Å². The topological polar surface area (TPSA) is 77.5 Å². The van der Waals surface area contributed by atoms with Crippen molar-refractivity contribution in [2.75, 3.05) is 17.4 Å². The predicted octanol–water partition coefficient (Wildman–Crippen LogP) is 4.66. The van der Waals surface area contributed by atoms with Gasteiger partial charge in [0.2, 0.25) is 12.7 Å². The first-order valence-electron chi connectivity index (χ1n) is 9.57. The quantitative estimate of drug-likeness (QED) is 0.606. The number of aryl methyl sites for hydroxylation is 1. The summed E-state index contributed by atoms with van der Waals surface area (Å²) in [7, 11) is 0. The Bertz CT molecular complexity index is 1010. The van der Waals surface area contributed by atoms with E-state index in [4.69, 9.17) is 14.2 Å². The van der Waals surface area contributed by atoms with Gasteiger partial charge in [-0.15, -0.1) is 0 Å². The standard InChI is InChI=1S/C22H24N4O3/c1-14(2)29-18-7-5-4-6-17(18)25-21-10-15(3)24-22(26-21)23-12-16-8-9-19-20(11-16)28-13-27-19/h4-11,14H,12-13H2,1-3H3,(H2,23,24,25,26). The smallest absolute Gasteiger partial charge is 0.231 e. The van der Waals surface area contributed by atoms with Crippen LogP contribution in [0.5, 0.6) is 17.2 Å². The van der Waals surface area contributed by atoms with Crippen molar-refractivity contribution >= 4 is 17.5 Å². The highest BCUT2D eigenvalue weighted by Gasteiger charge is 2.13. The fraction of sp³-hybridized carbons (Fsp3) is 0.273. The zero-order valence-electron chi connectivity index (χ0n) is 16.7. The number of nitrogens with one attached hydrogen (secondary N) is 2. The molecule has 3 aromatic rings. The lowest BCUT2D eigenvalue weighted by Crippen LogP contribution is -2.09. The van der Waals surface area contributed by atoms with Gasteiger partial charge in [0, 0.05) is 18.3 Å². The molecular weight excluding hydrogens is 368 g/mol. The van der Waals surface area contributed by atoms with Crippen molar-refractivity contribution < 1.29 is 14.2 Å². The van der Waals surface area contributed by atoms with Gasteiger partial charge in [0.15, 0.2) is 11.5 Å². The van der Waals surface area contributed by atoms with Gasteiger partial charge in [0.05, 0.1) is 11.8 Å². The van der Waals surface area contributed by atoms with Crippen LogP contribution in [0, 0.1) is 6.92 Å². The highest BCUT2D eigenvalue weighted by molar-refractivity contribution is 5.64. The molecule has 0 radical (unpaired) electrons. The molecule has 2 heterocycles. The fourth-order valence-electron chi connectivity index (χ4n) is 3.01. The second-order valence-electron chi connectivity index (χ2n) is 7.05. The summed E-state index contributed by atoms with van der Waals surface area (Å²) in [5.74, 6) is 3.57. The Morgan fingerprint density at radius 1 is 1.03 bits per heavy atom. The first-order chi connectivity index (χ1) is 14.1. The minimum Gasteiger partial charge on any atom is -0.489 e. The Morgan fingerprint density at radius 2 is 1.86 bits per heavy atom. The molecule has 0 saturated heterocycles. The number of benzene rings is 2. The zero-order chi connectivity index (χ0) is 20.2. The van der Waals surface area contributed by atoms with Crippen LogP contribution in [0.15, 0.2) is 48.5 Å². The summed E-state index contributed by atoms with van der Waals surface area (Å²) in [6, 6.07) is 15.6. The highest BCUT2D eigenvalue weighted by Crippen LogP contribution is 2.32. The van der Waals surface area contributed by atoms with Crippen molar-refractivity contribution in [1.29, 1.82) is 0 Å². The van der Waals surface area contributed by atoms with E-state index in [1.165, 1.54) is 0 Å². The number of para-hydroxylation sites is 2. The Hall–Kier alpha value is -3.48. The van der Waals surface area contributed by atoms with E-state index in [1.807, 2.05) is 69.3 Å². The lowest BCUT2D eigenvalue weighted by Gasteiger charge is -2.16. The molecule has 0 bridgehead atoms. The molecule has 0 fully saturated rings. The molecule has 1 aliphatic rings. The van der Waals surface area contributed by atoms with Gasteiger partial charge in [-0.25, -0.2) is 4.98 Å². The first-order valence-corrected chi connectivity index (χ1v) is 9.57. The molecule has 2 aromatic carbocycles. The average molecular weight is 392 g/mol. The van der Waals surface area contributed by atoms with Crippen LogP contribution in [0.3, 0.4) is 0 Å². The maximum atomic E-state index is 5.88. The molecule has 0 saturated carbocycles. The van der Waals surface area contributed by atoms with Crippen molar-refractivity contribution in [3.8, 4) is 17.2 Å². The SMILES string of the molecule is Cc1cc(Nc2ccccc2OC(C)C)nc(NCc2ccc3c(c2)OCO3)n1. The van der Waals surface area contributed by atoms with Crippen LogP contribution in [0.1, 0.15) is 25.1 Å². The summed E-state index contributed by atoms with van der Waals surface area (Å²) >= 11 is 0. The van der Waals surface area contributed by atoms with E-state index >= 15 is 0 Å². The van der Waals surface area contributed by atoms with Crippen molar-refractivity contribution in [3.63, 3.8) is 0 Å². The Morgan fingerprint density at radius 3 is 2.72 bits per heavy atom. The van der Waals surface area contributed by atoms with Crippen LogP contribution in [-0.2, 0) is 6.54 Å². The number of nitrogens with zero attached hydrogens (tertiary/aromatic N) is 2. The van der Waals surface area contributed by atoms with Gasteiger partial charge >= 0.3 is 0 Å². The third kappa shape index (κ3) is 4.68. The normalized spacial score (nSPS) is 12.1. The van der Waals surface area contributed by atoms with Crippen LogP contribution < -0.4 is 24.8 Å². The number of hydrogen-bond donors (Lipinski definition) is 2. The molecule has 1 aromatic heterocycles. The molecule has 0 spiro atoms. The second-order valence-corrected chi connectivity index (χ2v) is 7.05. The third-order valence-corrected chi connectivity index (χ3v) is 4.25. The highest BCUT2D eigenvalue weighted by atomic mass is 16.7. The number of rotatable bonds is 7. The Balaban J connectivity index is 1.48. The van der Waals surface area contributed by atoms with E-state index in [0.29, 0.717) is 18.3 Å². The van der Waals surface area contributed by atoms with E-state index in [0.717, 1.165) is 34.2 Å². The van der Waals surface area contributed by atoms with Gasteiger partial charge in [-0.1, -0.05) is 18.2 Å². The van der Waals surface area contributed by atoms with E-state index in [-0.39, 0.29) is 12.9 Å². The molecule has 29 heavy (non-hydrogen) atoms. The van der Waals surface area contributed by atoms with Crippen LogP contribution >= 0.6 is 0 Å². The summed E-state index contributed by atoms with van der Waals surface area (Å²) in [5, 5.41) is 6.61. The van der Waals surface area contributed by atoms with Gasteiger partial charge in [0.1, 0.15) is 11.6 Å². The number of anilines is 3. The van der Waals surface area contributed by atoms with Crippen molar-refractivity contribution in [2.45, 2.75) is 33.4 Å². The summed E-state index contributed by atoms with van der Waals surface area (Å²) < 4.78 is 16.7. The summed E-state index contributed by atoms with van der Waals surface area (Å²) in [6.45, 7) is 6.79. The lowest BCUT2D eigenvalue weighted by atomic mass is 10.2. The van der Waals surface area contributed by atoms with Gasteiger partial charge in [-0.05, 0) is 50.6 Å². The molecule has 4 rings (SSSR count). The van der Waals surface area contributed by atoms with Gasteiger partial charge < -0.3 is 24.8 Å². The monoisotopic (exact) mass is 392 g/mol. The van der Waals surface area contributed by atoms with Crippen LogP contribution in [-0.4, -0.2) is 22.9 Å². The Labute approximate surface area is 170 Å². The van der Waals surface area contributed by atoms with E-state index in [9.17, 15) is 0 Å². The molecule has 7 heteroatoms. The largest absolute Gasteiger partial charge is 0.489 e. The molecular formula is C22H24N4O3. The summed E-state index contributed by atoms with van der Waals surface area (Å²) in [6.07, 6.45) is 0.0870. The molecule has 0 atom stereocenters. The zero-order valence-corrected chi connectivity index (χ0v) is 16.7. The molecule has 0 unspecified atom stereocenters. The second kappa shape index (κ2) is 8.26. The van der Waals surface area contributed by atoms with E-state index < -0.39 is 0 Å². The third-order valence-electron chi connectivity index (χ3n) is 4.25. The number of hydrogen-bond acceptors (Lipinski definition) is 7. The maximum Gasteiger partial charge on any atom is 0.231 e. The fourth-order valence-corrected chi connectivity index (χ4v) is 3.01. The maximum absolute atomic E-state index is 5.88. The predicted molar refractivity (Wildman–Crippen MR) is 112 cm³/mol. The lowest BCUT2D eigenvalue weighted by molar-refractivity contribution is 0.174. The van der Waals surface area contributed by atoms with E-state index in [1.54, 1.807) is 0 Å². The van der Waals surface area contributed by atoms with Crippen LogP contribution in [0.2, 0.25) is 0 Å². The molecule has 1 aliphatic heterocycles. The van der Waals surface area contributed by atoms with Crippen LogP contribution in [0.25, 0.3) is 0 Å². The van der Waals surface area contributed by atoms with Crippen molar-refractivity contribution in [1.82, 2.24) is 9.97 Å². The number of ether oxygens (including phenoxy) is 3. The van der Waals surface area contributed by atoms with E-state index in [2.05, 4.69) is 20.6 Å². The molecule has 0 amide bonds. The average Bonchev–Trinajstić information content (AvgIpc) is 3.15. The Kier molecular flexibility index (Phi) is 5.37. The number of aromatic nitrogens is 2. The molecule has 150 valence electrons. The summed E-state index contributed by atoms with van der Waals surface area (Å²) in [4.78, 5) is 9.08. The van der Waals surface area contributed by atoms with Gasteiger partial charge in [-0.3, -0.25) is 0 Å². The van der Waals surface area contributed by atoms with Crippen molar-refractivity contribution in [3.05, 3.63) is 59.8 Å². The summed E-state index contributed by atoms with van der Waals surface area (Å²) in [5.41, 5.74) is 2.78. The molecule has 2 N–H and O–H groups in total. The minimum absolute atomic E-state index is 0.0870. The molecule has 7 nitrogen and oxygen atoms in total. The first kappa shape index (κ1) is 18.9. The van der Waals surface area contributed by atoms with Crippen LogP contribution in [0.4, 0.5) is 17.5 Å². The van der Waals surface area contributed by atoms with Crippen molar-refractivity contribution in [2.24, 2.45) is 0 Å².